The Morgan fingerprint density at radius 2 is 2.12 bits per heavy atom. The van der Waals surface area contributed by atoms with Crippen LogP contribution < -0.4 is 11.1 Å². The summed E-state index contributed by atoms with van der Waals surface area (Å²) in [4.78, 5) is 13.3. The van der Waals surface area contributed by atoms with Gasteiger partial charge in [0, 0.05) is 19.1 Å². The maximum atomic E-state index is 11.6. The van der Waals surface area contributed by atoms with Crippen LogP contribution in [-0.4, -0.2) is 48.8 Å². The molecule has 5 nitrogen and oxygen atoms in total. The minimum atomic E-state index is -0.408. The second-order valence-electron chi connectivity index (χ2n) is 5.18. The predicted molar refractivity (Wildman–Crippen MR) is 63.3 cm³/mol. The van der Waals surface area contributed by atoms with Gasteiger partial charge in [-0.05, 0) is 40.3 Å². The minimum Gasteiger partial charge on any atom is -0.444 e. The lowest BCUT2D eigenvalue weighted by molar-refractivity contribution is 0.00538. The van der Waals surface area contributed by atoms with E-state index in [1.165, 1.54) is 0 Å². The predicted octanol–water partition coefficient (Wildman–Crippen LogP) is 0.544. The molecule has 1 heterocycles. The van der Waals surface area contributed by atoms with Crippen LogP contribution in [-0.2, 0) is 4.74 Å². The first-order valence-electron chi connectivity index (χ1n) is 5.84. The van der Waals surface area contributed by atoms with Gasteiger partial charge in [0.15, 0.2) is 0 Å². The van der Waals surface area contributed by atoms with E-state index in [0.717, 1.165) is 26.1 Å². The zero-order valence-corrected chi connectivity index (χ0v) is 10.5. The summed E-state index contributed by atoms with van der Waals surface area (Å²) in [6.45, 7) is 8.72. The van der Waals surface area contributed by atoms with Gasteiger partial charge in [0.05, 0.1) is 0 Å². The van der Waals surface area contributed by atoms with Crippen LogP contribution >= 0.6 is 0 Å². The number of nitrogens with two attached hydrogens (primary N) is 1. The summed E-state index contributed by atoms with van der Waals surface area (Å²) in [5.74, 6) is 0. The van der Waals surface area contributed by atoms with Crippen molar-refractivity contribution in [3.05, 3.63) is 0 Å². The SMILES string of the molecule is CC(C)(C)OC(=O)N1CC(NCCCN)C1. The third-order valence-corrected chi connectivity index (χ3v) is 2.35. The van der Waals surface area contributed by atoms with E-state index in [1.807, 2.05) is 20.8 Å². The van der Waals surface area contributed by atoms with E-state index in [-0.39, 0.29) is 6.09 Å². The monoisotopic (exact) mass is 229 g/mol. The van der Waals surface area contributed by atoms with Crippen LogP contribution in [0.1, 0.15) is 27.2 Å². The third-order valence-electron chi connectivity index (χ3n) is 2.35. The maximum Gasteiger partial charge on any atom is 0.410 e. The summed E-state index contributed by atoms with van der Waals surface area (Å²) in [6.07, 6.45) is 0.757. The van der Waals surface area contributed by atoms with Gasteiger partial charge in [-0.15, -0.1) is 0 Å². The fraction of sp³-hybridized carbons (Fsp3) is 0.909. The fourth-order valence-electron chi connectivity index (χ4n) is 1.49. The summed E-state index contributed by atoms with van der Waals surface area (Å²) >= 11 is 0. The number of carbonyl (C=O) groups is 1. The molecule has 0 atom stereocenters. The Hall–Kier alpha value is -0.810. The zero-order chi connectivity index (χ0) is 12.2. The normalized spacial score (nSPS) is 17.1. The average Bonchev–Trinajstić information content (AvgIpc) is 2.05. The van der Waals surface area contributed by atoms with Crippen molar-refractivity contribution >= 4 is 6.09 Å². The van der Waals surface area contributed by atoms with Gasteiger partial charge in [-0.25, -0.2) is 4.79 Å². The second kappa shape index (κ2) is 5.50. The Kier molecular flexibility index (Phi) is 4.56. The smallest absolute Gasteiger partial charge is 0.410 e. The molecule has 0 radical (unpaired) electrons. The molecular weight excluding hydrogens is 206 g/mol. The Balaban J connectivity index is 2.13. The van der Waals surface area contributed by atoms with Crippen LogP contribution in [0.4, 0.5) is 4.79 Å². The number of rotatable bonds is 4. The van der Waals surface area contributed by atoms with Gasteiger partial charge in [-0.1, -0.05) is 0 Å². The molecule has 0 aromatic heterocycles. The average molecular weight is 229 g/mol. The topological polar surface area (TPSA) is 67.6 Å². The molecule has 0 aromatic carbocycles. The highest BCUT2D eigenvalue weighted by atomic mass is 16.6. The van der Waals surface area contributed by atoms with E-state index in [2.05, 4.69) is 5.32 Å². The summed E-state index contributed by atoms with van der Waals surface area (Å²) < 4.78 is 5.25. The molecule has 1 fully saturated rings. The van der Waals surface area contributed by atoms with Crippen LogP contribution in [0.2, 0.25) is 0 Å². The van der Waals surface area contributed by atoms with E-state index in [4.69, 9.17) is 10.5 Å². The fourth-order valence-corrected chi connectivity index (χ4v) is 1.49. The van der Waals surface area contributed by atoms with Crippen LogP contribution in [0.15, 0.2) is 0 Å². The minimum absolute atomic E-state index is 0.218. The van der Waals surface area contributed by atoms with E-state index >= 15 is 0 Å². The number of hydrogen-bond acceptors (Lipinski definition) is 4. The lowest BCUT2D eigenvalue weighted by atomic mass is 10.1. The van der Waals surface area contributed by atoms with E-state index < -0.39 is 5.60 Å². The molecule has 1 saturated heterocycles. The van der Waals surface area contributed by atoms with Gasteiger partial charge >= 0.3 is 6.09 Å². The summed E-state index contributed by atoms with van der Waals surface area (Å²) in [5.41, 5.74) is 4.99. The van der Waals surface area contributed by atoms with Crippen molar-refractivity contribution in [3.8, 4) is 0 Å². The van der Waals surface area contributed by atoms with Crippen molar-refractivity contribution in [2.75, 3.05) is 26.2 Å². The molecule has 5 heteroatoms. The first-order valence-corrected chi connectivity index (χ1v) is 5.84. The molecule has 1 rings (SSSR count). The molecule has 0 bridgehead atoms. The highest BCUT2D eigenvalue weighted by Crippen LogP contribution is 2.14. The number of amides is 1. The zero-order valence-electron chi connectivity index (χ0n) is 10.5. The second-order valence-corrected chi connectivity index (χ2v) is 5.18. The van der Waals surface area contributed by atoms with Gasteiger partial charge in [0.1, 0.15) is 5.60 Å². The van der Waals surface area contributed by atoms with Gasteiger partial charge in [-0.2, -0.15) is 0 Å². The lowest BCUT2D eigenvalue weighted by Crippen LogP contribution is -2.60. The molecule has 3 N–H and O–H groups in total. The Morgan fingerprint density at radius 3 is 2.62 bits per heavy atom. The van der Waals surface area contributed by atoms with Gasteiger partial charge in [0.2, 0.25) is 0 Å². The maximum absolute atomic E-state index is 11.6. The summed E-state index contributed by atoms with van der Waals surface area (Å²) in [5, 5.41) is 3.34. The lowest BCUT2D eigenvalue weighted by Gasteiger charge is -2.40. The molecule has 0 spiro atoms. The van der Waals surface area contributed by atoms with Crippen molar-refractivity contribution < 1.29 is 9.53 Å². The number of likely N-dealkylation sites (tertiary alicyclic amines) is 1. The van der Waals surface area contributed by atoms with Crippen molar-refractivity contribution in [1.29, 1.82) is 0 Å². The van der Waals surface area contributed by atoms with Gasteiger partial charge in [-0.3, -0.25) is 0 Å². The van der Waals surface area contributed by atoms with E-state index in [9.17, 15) is 4.79 Å². The highest BCUT2D eigenvalue weighted by molar-refractivity contribution is 5.69. The molecule has 94 valence electrons. The Morgan fingerprint density at radius 1 is 1.50 bits per heavy atom. The van der Waals surface area contributed by atoms with Gasteiger partial charge in [0.25, 0.3) is 0 Å². The molecule has 0 aliphatic carbocycles. The van der Waals surface area contributed by atoms with Crippen LogP contribution in [0, 0.1) is 0 Å². The number of hydrogen-bond donors (Lipinski definition) is 2. The molecule has 1 amide bonds. The van der Waals surface area contributed by atoms with E-state index in [1.54, 1.807) is 4.90 Å². The molecule has 16 heavy (non-hydrogen) atoms. The number of nitrogens with zero attached hydrogens (tertiary/aromatic N) is 1. The largest absolute Gasteiger partial charge is 0.444 e. The van der Waals surface area contributed by atoms with Crippen molar-refractivity contribution in [1.82, 2.24) is 10.2 Å². The van der Waals surface area contributed by atoms with Crippen molar-refractivity contribution in [3.63, 3.8) is 0 Å². The van der Waals surface area contributed by atoms with Crippen LogP contribution in [0.3, 0.4) is 0 Å². The Labute approximate surface area is 97.3 Å². The number of carbonyl (C=O) groups excluding carboxylic acids is 1. The molecular formula is C11H23N3O2. The molecule has 0 unspecified atom stereocenters. The third kappa shape index (κ3) is 4.37. The van der Waals surface area contributed by atoms with Crippen molar-refractivity contribution in [2.24, 2.45) is 5.73 Å². The molecule has 1 aliphatic rings. The molecule has 1 aliphatic heterocycles. The highest BCUT2D eigenvalue weighted by Gasteiger charge is 2.32. The quantitative estimate of drug-likeness (QED) is 0.691. The number of ether oxygens (including phenoxy) is 1. The van der Waals surface area contributed by atoms with Crippen LogP contribution in [0.5, 0.6) is 0 Å². The molecule has 0 saturated carbocycles. The summed E-state index contributed by atoms with van der Waals surface area (Å²) in [6, 6.07) is 0.402. The van der Waals surface area contributed by atoms with Crippen molar-refractivity contribution in [2.45, 2.75) is 38.8 Å². The van der Waals surface area contributed by atoms with Crippen LogP contribution in [0.25, 0.3) is 0 Å². The first-order chi connectivity index (χ1) is 7.42. The molecule has 0 aromatic rings. The first kappa shape index (κ1) is 13.3. The Bertz CT molecular complexity index is 232. The standard InChI is InChI=1S/C11H23N3O2/c1-11(2,3)16-10(15)14-7-9(8-14)13-6-4-5-12/h9,13H,4-8,12H2,1-3H3. The summed E-state index contributed by atoms with van der Waals surface area (Å²) in [7, 11) is 0. The van der Waals surface area contributed by atoms with Gasteiger partial charge < -0.3 is 20.7 Å². The number of nitrogens with one attached hydrogen (secondary N) is 1. The van der Waals surface area contributed by atoms with E-state index in [0.29, 0.717) is 12.6 Å².